The molecule has 0 radical (unpaired) electrons. The first-order valence-electron chi connectivity index (χ1n) is 7.55. The van der Waals surface area contributed by atoms with E-state index in [1.807, 2.05) is 30.3 Å². The van der Waals surface area contributed by atoms with E-state index >= 15 is 0 Å². The molecule has 2 aromatic heterocycles. The molecule has 1 aromatic carbocycles. The number of para-hydroxylation sites is 1. The van der Waals surface area contributed by atoms with Gasteiger partial charge in [-0.3, -0.25) is 9.36 Å². The maximum Gasteiger partial charge on any atom is 0.264 e. The summed E-state index contributed by atoms with van der Waals surface area (Å²) in [6, 6.07) is 9.97. The highest BCUT2D eigenvalue weighted by atomic mass is 16.1. The van der Waals surface area contributed by atoms with Crippen molar-refractivity contribution in [1.29, 1.82) is 0 Å². The summed E-state index contributed by atoms with van der Waals surface area (Å²) in [4.78, 5) is 17.2. The van der Waals surface area contributed by atoms with Crippen LogP contribution >= 0.6 is 0 Å². The third-order valence-corrected chi connectivity index (χ3v) is 4.22. The van der Waals surface area contributed by atoms with E-state index in [1.165, 1.54) is 0 Å². The molecule has 6 heteroatoms. The molecule has 3 heterocycles. The van der Waals surface area contributed by atoms with Gasteiger partial charge in [0.25, 0.3) is 5.56 Å². The fourth-order valence-corrected chi connectivity index (χ4v) is 3.03. The molecule has 1 saturated heterocycles. The van der Waals surface area contributed by atoms with Crippen LogP contribution in [0.1, 0.15) is 18.9 Å². The monoisotopic (exact) mass is 295 g/mol. The lowest BCUT2D eigenvalue weighted by Gasteiger charge is -2.24. The highest BCUT2D eigenvalue weighted by Gasteiger charge is 2.19. The van der Waals surface area contributed by atoms with Crippen molar-refractivity contribution in [2.24, 2.45) is 0 Å². The summed E-state index contributed by atoms with van der Waals surface area (Å²) < 4.78 is 3.48. The number of hydrogen-bond donors (Lipinski definition) is 1. The Hall–Kier alpha value is -2.47. The van der Waals surface area contributed by atoms with E-state index in [9.17, 15) is 4.79 Å². The number of piperidine rings is 1. The second-order valence-corrected chi connectivity index (χ2v) is 5.57. The van der Waals surface area contributed by atoms with Crippen LogP contribution in [0.15, 0.2) is 47.7 Å². The number of aromatic nitrogens is 4. The molecule has 0 spiro atoms. The number of fused-ring (bicyclic) bond motifs is 1. The Morgan fingerprint density at radius 2 is 1.91 bits per heavy atom. The Bertz CT molecular complexity index is 846. The molecule has 0 saturated carbocycles. The summed E-state index contributed by atoms with van der Waals surface area (Å²) in [5.74, 6) is 0. The number of hydrogen-bond acceptors (Lipinski definition) is 4. The van der Waals surface area contributed by atoms with Gasteiger partial charge in [0, 0.05) is 6.04 Å². The van der Waals surface area contributed by atoms with Crippen LogP contribution in [0.3, 0.4) is 0 Å². The highest BCUT2D eigenvalue weighted by Crippen LogP contribution is 2.18. The Morgan fingerprint density at radius 1 is 1.14 bits per heavy atom. The molecule has 0 aliphatic carbocycles. The van der Waals surface area contributed by atoms with Crippen molar-refractivity contribution in [2.75, 3.05) is 13.1 Å². The summed E-state index contributed by atoms with van der Waals surface area (Å²) in [6.45, 7) is 1.89. The summed E-state index contributed by atoms with van der Waals surface area (Å²) in [7, 11) is 0. The predicted molar refractivity (Wildman–Crippen MR) is 84.3 cm³/mol. The quantitative estimate of drug-likeness (QED) is 0.778. The van der Waals surface area contributed by atoms with Gasteiger partial charge < -0.3 is 5.32 Å². The average Bonchev–Trinajstić information content (AvgIpc) is 3.02. The lowest BCUT2D eigenvalue weighted by atomic mass is 10.1. The van der Waals surface area contributed by atoms with Gasteiger partial charge in [0.05, 0.1) is 11.9 Å². The van der Waals surface area contributed by atoms with E-state index < -0.39 is 0 Å². The molecule has 0 bridgehead atoms. The molecule has 3 aromatic rings. The van der Waals surface area contributed by atoms with Crippen LogP contribution in [-0.4, -0.2) is 32.4 Å². The number of nitrogens with zero attached hydrogens (tertiary/aromatic N) is 4. The van der Waals surface area contributed by atoms with Crippen molar-refractivity contribution in [1.82, 2.24) is 24.6 Å². The topological polar surface area (TPSA) is 64.7 Å². The first-order valence-corrected chi connectivity index (χ1v) is 7.55. The minimum absolute atomic E-state index is 0.000851. The Kier molecular flexibility index (Phi) is 3.23. The molecule has 112 valence electrons. The normalized spacial score (nSPS) is 16.2. The molecular formula is C16H17N5O. The minimum atomic E-state index is -0.000851. The van der Waals surface area contributed by atoms with Crippen molar-refractivity contribution in [3.63, 3.8) is 0 Å². The van der Waals surface area contributed by atoms with Crippen molar-refractivity contribution in [3.05, 3.63) is 53.2 Å². The molecule has 6 nitrogen and oxygen atoms in total. The molecule has 1 fully saturated rings. The van der Waals surface area contributed by atoms with Crippen LogP contribution in [0.25, 0.3) is 16.7 Å². The first-order chi connectivity index (χ1) is 10.8. The van der Waals surface area contributed by atoms with Crippen molar-refractivity contribution in [2.45, 2.75) is 18.9 Å². The van der Waals surface area contributed by atoms with E-state index in [1.54, 1.807) is 21.8 Å². The molecule has 1 N–H and O–H groups in total. The van der Waals surface area contributed by atoms with Crippen molar-refractivity contribution in [3.8, 4) is 5.69 Å². The van der Waals surface area contributed by atoms with Gasteiger partial charge in [0.2, 0.25) is 0 Å². The van der Waals surface area contributed by atoms with Gasteiger partial charge in [-0.2, -0.15) is 5.10 Å². The molecule has 0 atom stereocenters. The molecule has 22 heavy (non-hydrogen) atoms. The highest BCUT2D eigenvalue weighted by molar-refractivity contribution is 5.74. The summed E-state index contributed by atoms with van der Waals surface area (Å²) >= 11 is 0. The Morgan fingerprint density at radius 3 is 2.68 bits per heavy atom. The molecule has 0 amide bonds. The summed E-state index contributed by atoms with van der Waals surface area (Å²) in [5.41, 5.74) is 1.52. The number of nitrogens with one attached hydrogen (secondary N) is 1. The number of rotatable bonds is 2. The largest absolute Gasteiger partial charge is 0.317 e. The Labute approximate surface area is 127 Å². The lowest BCUT2D eigenvalue weighted by Crippen LogP contribution is -2.34. The summed E-state index contributed by atoms with van der Waals surface area (Å²) in [5, 5.41) is 8.23. The van der Waals surface area contributed by atoms with E-state index in [4.69, 9.17) is 0 Å². The van der Waals surface area contributed by atoms with Gasteiger partial charge in [-0.15, -0.1) is 0 Å². The van der Waals surface area contributed by atoms with Gasteiger partial charge in [-0.05, 0) is 38.1 Å². The van der Waals surface area contributed by atoms with E-state index in [0.717, 1.165) is 31.6 Å². The fourth-order valence-electron chi connectivity index (χ4n) is 3.03. The Balaban J connectivity index is 1.82. The van der Waals surface area contributed by atoms with Crippen LogP contribution in [0, 0.1) is 0 Å². The fraction of sp³-hybridized carbons (Fsp3) is 0.312. The molecule has 0 unspecified atom stereocenters. The SMILES string of the molecule is O=c1c2cnn(-c3ccccc3)c2ncn1C1CCNCC1. The number of benzene rings is 1. The zero-order valence-corrected chi connectivity index (χ0v) is 12.1. The van der Waals surface area contributed by atoms with Crippen LogP contribution in [0.2, 0.25) is 0 Å². The van der Waals surface area contributed by atoms with Gasteiger partial charge in [0.15, 0.2) is 5.65 Å². The van der Waals surface area contributed by atoms with E-state index in [0.29, 0.717) is 11.0 Å². The van der Waals surface area contributed by atoms with Crippen LogP contribution < -0.4 is 10.9 Å². The van der Waals surface area contributed by atoms with Gasteiger partial charge >= 0.3 is 0 Å². The second kappa shape index (κ2) is 5.38. The molecule has 1 aliphatic rings. The van der Waals surface area contributed by atoms with E-state index in [2.05, 4.69) is 15.4 Å². The zero-order valence-electron chi connectivity index (χ0n) is 12.1. The van der Waals surface area contributed by atoms with Crippen LogP contribution in [0.5, 0.6) is 0 Å². The predicted octanol–water partition coefficient (Wildman–Crippen LogP) is 1.51. The van der Waals surface area contributed by atoms with Crippen LogP contribution in [-0.2, 0) is 0 Å². The zero-order chi connectivity index (χ0) is 14.9. The summed E-state index contributed by atoms with van der Waals surface area (Å²) in [6.07, 6.45) is 5.21. The maximum absolute atomic E-state index is 12.7. The second-order valence-electron chi connectivity index (χ2n) is 5.57. The third-order valence-electron chi connectivity index (χ3n) is 4.22. The molecular weight excluding hydrogens is 278 g/mol. The van der Waals surface area contributed by atoms with Gasteiger partial charge in [-0.1, -0.05) is 18.2 Å². The van der Waals surface area contributed by atoms with Crippen LogP contribution in [0.4, 0.5) is 0 Å². The standard InChI is InChI=1S/C16H17N5O/c22-16-14-10-19-21(13-4-2-1-3-5-13)15(14)18-11-20(16)12-6-8-17-9-7-12/h1-5,10-12,17H,6-9H2. The van der Waals surface area contributed by atoms with Gasteiger partial charge in [0.1, 0.15) is 11.7 Å². The third kappa shape index (κ3) is 2.12. The minimum Gasteiger partial charge on any atom is -0.317 e. The first kappa shape index (κ1) is 13.2. The lowest BCUT2D eigenvalue weighted by molar-refractivity contribution is 0.359. The van der Waals surface area contributed by atoms with Crippen molar-refractivity contribution < 1.29 is 0 Å². The smallest absolute Gasteiger partial charge is 0.264 e. The molecule has 4 rings (SSSR count). The maximum atomic E-state index is 12.7. The van der Waals surface area contributed by atoms with Crippen molar-refractivity contribution >= 4 is 11.0 Å². The van der Waals surface area contributed by atoms with E-state index in [-0.39, 0.29) is 11.6 Å². The average molecular weight is 295 g/mol. The molecule has 1 aliphatic heterocycles. The van der Waals surface area contributed by atoms with Gasteiger partial charge in [-0.25, -0.2) is 9.67 Å².